The summed E-state index contributed by atoms with van der Waals surface area (Å²) in [4.78, 5) is 10.4. The summed E-state index contributed by atoms with van der Waals surface area (Å²) in [6.07, 6.45) is -0.553. The van der Waals surface area contributed by atoms with Gasteiger partial charge >= 0.3 is 0 Å². The second-order valence-corrected chi connectivity index (χ2v) is 2.87. The molecule has 1 heterocycles. The molecule has 0 spiro atoms. The molecule has 72 valence electrons. The highest BCUT2D eigenvalue weighted by Gasteiger charge is 2.20. The number of hydrogen-bond acceptors (Lipinski definition) is 2. The number of carbonyl (C=O) groups is 1. The highest BCUT2D eigenvalue weighted by molar-refractivity contribution is 5.61. The van der Waals surface area contributed by atoms with Gasteiger partial charge in [-0.05, 0) is 0 Å². The van der Waals surface area contributed by atoms with Crippen LogP contribution in [0.2, 0.25) is 0 Å². The summed E-state index contributed by atoms with van der Waals surface area (Å²) in [6, 6.07) is 0. The molecular formula is C8H10F2N2O. The molecule has 5 heteroatoms. The number of nitrogens with zero attached hydrogens (tertiary/aromatic N) is 2. The smallest absolute Gasteiger partial charge is 0.282 e. The van der Waals surface area contributed by atoms with Crippen molar-refractivity contribution in [1.82, 2.24) is 9.78 Å². The van der Waals surface area contributed by atoms with Gasteiger partial charge in [0.1, 0.15) is 12.0 Å². The van der Waals surface area contributed by atoms with Crippen molar-refractivity contribution in [2.45, 2.75) is 19.3 Å². The van der Waals surface area contributed by atoms with Crippen molar-refractivity contribution in [2.24, 2.45) is 7.05 Å². The molecule has 0 N–H and O–H groups in total. The number of halogens is 2. The Kier molecular flexibility index (Phi) is 2.75. The van der Waals surface area contributed by atoms with Gasteiger partial charge < -0.3 is 4.79 Å². The summed E-state index contributed by atoms with van der Waals surface area (Å²) < 4.78 is 26.0. The molecule has 0 aromatic carbocycles. The normalized spacial score (nSPS) is 13.3. The Balaban J connectivity index is 3.11. The monoisotopic (exact) mass is 188 g/mol. The standard InChI is InChI=1S/C8H10F2N2O/c1-5(4-13)6-3-12(2)11-7(6)8(9)10/h3-5,8H,1-2H3. The van der Waals surface area contributed by atoms with Crippen LogP contribution in [0.15, 0.2) is 6.20 Å². The number of aldehydes is 1. The van der Waals surface area contributed by atoms with Crippen molar-refractivity contribution in [3.8, 4) is 0 Å². The Hall–Kier alpha value is -1.26. The minimum absolute atomic E-state index is 0.299. The molecule has 0 amide bonds. The number of carbonyl (C=O) groups excluding carboxylic acids is 1. The SMILES string of the molecule is CC(C=O)c1cn(C)nc1C(F)F. The highest BCUT2D eigenvalue weighted by Crippen LogP contribution is 2.25. The van der Waals surface area contributed by atoms with Gasteiger partial charge in [0, 0.05) is 24.7 Å². The van der Waals surface area contributed by atoms with Crippen LogP contribution in [-0.4, -0.2) is 16.1 Å². The molecular weight excluding hydrogens is 178 g/mol. The van der Waals surface area contributed by atoms with Crippen LogP contribution >= 0.6 is 0 Å². The van der Waals surface area contributed by atoms with E-state index in [9.17, 15) is 13.6 Å². The van der Waals surface area contributed by atoms with Crippen LogP contribution in [0, 0.1) is 0 Å². The maximum Gasteiger partial charge on any atom is 0.282 e. The zero-order valence-electron chi connectivity index (χ0n) is 7.37. The van der Waals surface area contributed by atoms with E-state index in [1.54, 1.807) is 14.0 Å². The Morgan fingerprint density at radius 1 is 1.62 bits per heavy atom. The van der Waals surface area contributed by atoms with Gasteiger partial charge in [-0.2, -0.15) is 5.10 Å². The van der Waals surface area contributed by atoms with E-state index < -0.39 is 12.3 Å². The second kappa shape index (κ2) is 3.64. The molecule has 1 unspecified atom stereocenters. The molecule has 1 rings (SSSR count). The molecule has 3 nitrogen and oxygen atoms in total. The molecule has 0 saturated heterocycles. The number of alkyl halides is 2. The van der Waals surface area contributed by atoms with Crippen LogP contribution in [0.5, 0.6) is 0 Å². The van der Waals surface area contributed by atoms with Crippen LogP contribution in [0.4, 0.5) is 8.78 Å². The average molecular weight is 188 g/mol. The first-order valence-electron chi connectivity index (χ1n) is 3.83. The highest BCUT2D eigenvalue weighted by atomic mass is 19.3. The van der Waals surface area contributed by atoms with Crippen molar-refractivity contribution in [3.05, 3.63) is 17.5 Å². The second-order valence-electron chi connectivity index (χ2n) is 2.87. The first kappa shape index (κ1) is 9.83. The molecule has 0 aliphatic heterocycles. The first-order valence-corrected chi connectivity index (χ1v) is 3.83. The van der Waals surface area contributed by atoms with E-state index in [0.717, 1.165) is 0 Å². The zero-order chi connectivity index (χ0) is 10.0. The minimum Gasteiger partial charge on any atom is -0.303 e. The van der Waals surface area contributed by atoms with Crippen LogP contribution in [0.1, 0.15) is 30.5 Å². The lowest BCUT2D eigenvalue weighted by Gasteiger charge is -2.01. The fraction of sp³-hybridized carbons (Fsp3) is 0.500. The van der Waals surface area contributed by atoms with Gasteiger partial charge in [0.15, 0.2) is 0 Å². The molecule has 0 fully saturated rings. The minimum atomic E-state index is -2.63. The van der Waals surface area contributed by atoms with E-state index in [1.807, 2.05) is 0 Å². The summed E-state index contributed by atoms with van der Waals surface area (Å²) in [5.41, 5.74) is -0.00500. The molecule has 0 aliphatic rings. The molecule has 0 bridgehead atoms. The molecule has 0 radical (unpaired) electrons. The molecule has 1 aromatic rings. The third-order valence-corrected chi connectivity index (χ3v) is 1.79. The lowest BCUT2D eigenvalue weighted by atomic mass is 10.0. The number of aromatic nitrogens is 2. The van der Waals surface area contributed by atoms with Crippen molar-refractivity contribution >= 4 is 6.29 Å². The van der Waals surface area contributed by atoms with Gasteiger partial charge in [-0.25, -0.2) is 8.78 Å². The topological polar surface area (TPSA) is 34.9 Å². The van der Waals surface area contributed by atoms with E-state index in [4.69, 9.17) is 0 Å². The lowest BCUT2D eigenvalue weighted by Crippen LogP contribution is -1.98. The fourth-order valence-corrected chi connectivity index (χ4v) is 1.12. The summed E-state index contributed by atoms with van der Waals surface area (Å²) >= 11 is 0. The largest absolute Gasteiger partial charge is 0.303 e. The van der Waals surface area contributed by atoms with E-state index in [1.165, 1.54) is 10.9 Å². The Bertz CT molecular complexity index is 309. The van der Waals surface area contributed by atoms with Gasteiger partial charge in [0.2, 0.25) is 0 Å². The summed E-state index contributed by atoms with van der Waals surface area (Å²) in [6.45, 7) is 1.57. The molecule has 0 saturated carbocycles. The summed E-state index contributed by atoms with van der Waals surface area (Å²) in [5, 5.41) is 3.59. The maximum absolute atomic E-state index is 12.3. The first-order chi connectivity index (χ1) is 6.06. The van der Waals surface area contributed by atoms with Gasteiger partial charge in [-0.15, -0.1) is 0 Å². The van der Waals surface area contributed by atoms with Crippen LogP contribution in [0.3, 0.4) is 0 Å². The zero-order valence-corrected chi connectivity index (χ0v) is 7.37. The molecule has 1 atom stereocenters. The molecule has 0 aliphatic carbocycles. The molecule has 1 aromatic heterocycles. The third kappa shape index (κ3) is 1.91. The van der Waals surface area contributed by atoms with Gasteiger partial charge in [0.25, 0.3) is 6.43 Å². The van der Waals surface area contributed by atoms with Gasteiger partial charge in [-0.1, -0.05) is 6.92 Å². The Labute approximate surface area is 74.4 Å². The lowest BCUT2D eigenvalue weighted by molar-refractivity contribution is -0.108. The Morgan fingerprint density at radius 3 is 2.69 bits per heavy atom. The van der Waals surface area contributed by atoms with E-state index in [2.05, 4.69) is 5.10 Å². The van der Waals surface area contributed by atoms with E-state index in [-0.39, 0.29) is 5.69 Å². The number of aryl methyl sites for hydroxylation is 1. The number of rotatable bonds is 3. The third-order valence-electron chi connectivity index (χ3n) is 1.79. The van der Waals surface area contributed by atoms with Crippen molar-refractivity contribution in [1.29, 1.82) is 0 Å². The van der Waals surface area contributed by atoms with Crippen LogP contribution < -0.4 is 0 Å². The van der Waals surface area contributed by atoms with Gasteiger partial charge in [-0.3, -0.25) is 4.68 Å². The van der Waals surface area contributed by atoms with Crippen molar-refractivity contribution in [2.75, 3.05) is 0 Å². The molecule has 13 heavy (non-hydrogen) atoms. The quantitative estimate of drug-likeness (QED) is 0.676. The van der Waals surface area contributed by atoms with Crippen LogP contribution in [0.25, 0.3) is 0 Å². The Morgan fingerprint density at radius 2 is 2.23 bits per heavy atom. The van der Waals surface area contributed by atoms with Crippen molar-refractivity contribution < 1.29 is 13.6 Å². The van der Waals surface area contributed by atoms with E-state index in [0.29, 0.717) is 11.8 Å². The number of hydrogen-bond donors (Lipinski definition) is 0. The predicted octanol–water partition coefficient (Wildman–Crippen LogP) is 1.66. The van der Waals surface area contributed by atoms with Crippen molar-refractivity contribution in [3.63, 3.8) is 0 Å². The van der Waals surface area contributed by atoms with E-state index >= 15 is 0 Å². The summed E-state index contributed by atoms with van der Waals surface area (Å²) in [7, 11) is 1.55. The van der Waals surface area contributed by atoms with Gasteiger partial charge in [0.05, 0.1) is 0 Å². The predicted molar refractivity (Wildman–Crippen MR) is 42.6 cm³/mol. The summed E-state index contributed by atoms with van der Waals surface area (Å²) in [5.74, 6) is -0.530. The van der Waals surface area contributed by atoms with Crippen LogP contribution in [-0.2, 0) is 11.8 Å². The maximum atomic E-state index is 12.3. The fourth-order valence-electron chi connectivity index (χ4n) is 1.12. The average Bonchev–Trinajstić information content (AvgIpc) is 2.46.